The van der Waals surface area contributed by atoms with Gasteiger partial charge in [0.2, 0.25) is 5.78 Å². The first-order chi connectivity index (χ1) is 12.1. The predicted octanol–water partition coefficient (Wildman–Crippen LogP) is 5.68. The summed E-state index contributed by atoms with van der Waals surface area (Å²) in [5, 5.41) is 0. The third-order valence-electron chi connectivity index (χ3n) is 5.34. The van der Waals surface area contributed by atoms with Crippen molar-refractivity contribution in [3.05, 3.63) is 35.4 Å². The van der Waals surface area contributed by atoms with Crippen LogP contribution in [0.25, 0.3) is 0 Å². The number of carbonyl (C=O) groups excluding carboxylic acids is 2. The summed E-state index contributed by atoms with van der Waals surface area (Å²) in [5.41, 5.74) is 1.87. The normalized spacial score (nSPS) is 21.6. The van der Waals surface area contributed by atoms with Crippen LogP contribution < -0.4 is 0 Å². The van der Waals surface area contributed by atoms with Crippen LogP contribution in [0.3, 0.4) is 0 Å². The molecule has 0 amide bonds. The van der Waals surface area contributed by atoms with Gasteiger partial charge in [-0.3, -0.25) is 9.59 Å². The number of benzene rings is 1. The minimum absolute atomic E-state index is 0.0734. The molecule has 3 heteroatoms. The molecule has 1 aliphatic carbocycles. The highest BCUT2D eigenvalue weighted by Crippen LogP contribution is 2.38. The maximum atomic E-state index is 12.8. The van der Waals surface area contributed by atoms with Gasteiger partial charge in [-0.25, -0.2) is 0 Å². The number of esters is 1. The van der Waals surface area contributed by atoms with E-state index in [-0.39, 0.29) is 11.8 Å². The molecule has 1 aromatic rings. The van der Waals surface area contributed by atoms with Crippen molar-refractivity contribution >= 4 is 11.8 Å². The molecule has 25 heavy (non-hydrogen) atoms. The lowest BCUT2D eigenvalue weighted by Crippen LogP contribution is -2.26. The molecule has 0 N–H and O–H groups in total. The van der Waals surface area contributed by atoms with Gasteiger partial charge in [0.05, 0.1) is 0 Å². The molecular formula is C22H32O3. The highest BCUT2D eigenvalue weighted by molar-refractivity contribution is 6.01. The Morgan fingerprint density at radius 3 is 2.40 bits per heavy atom. The SMILES string of the molecule is CCCC(=O)OC(C)C(=O)c1ccccc1C1CCC(CCC)CC1. The Labute approximate surface area is 152 Å². The van der Waals surface area contributed by atoms with Gasteiger partial charge in [0.15, 0.2) is 6.10 Å². The number of ketones is 1. The Morgan fingerprint density at radius 2 is 1.76 bits per heavy atom. The van der Waals surface area contributed by atoms with Gasteiger partial charge in [0.1, 0.15) is 0 Å². The van der Waals surface area contributed by atoms with Gasteiger partial charge in [-0.15, -0.1) is 0 Å². The molecule has 3 nitrogen and oxygen atoms in total. The lowest BCUT2D eigenvalue weighted by molar-refractivity contribution is -0.146. The zero-order valence-corrected chi connectivity index (χ0v) is 15.9. The maximum absolute atomic E-state index is 12.8. The van der Waals surface area contributed by atoms with E-state index in [0.717, 1.165) is 36.3 Å². The van der Waals surface area contributed by atoms with Crippen LogP contribution in [-0.2, 0) is 9.53 Å². The van der Waals surface area contributed by atoms with E-state index in [1.165, 1.54) is 25.7 Å². The van der Waals surface area contributed by atoms with Crippen LogP contribution in [0.15, 0.2) is 24.3 Å². The van der Waals surface area contributed by atoms with Crippen molar-refractivity contribution in [2.24, 2.45) is 5.92 Å². The maximum Gasteiger partial charge on any atom is 0.306 e. The first-order valence-corrected chi connectivity index (χ1v) is 9.89. The van der Waals surface area contributed by atoms with Crippen molar-refractivity contribution < 1.29 is 14.3 Å². The molecule has 0 aliphatic heterocycles. The van der Waals surface area contributed by atoms with E-state index in [4.69, 9.17) is 4.74 Å². The predicted molar refractivity (Wildman–Crippen MR) is 101 cm³/mol. The second kappa shape index (κ2) is 9.74. The Kier molecular flexibility index (Phi) is 7.67. The molecule has 1 atom stereocenters. The monoisotopic (exact) mass is 344 g/mol. The van der Waals surface area contributed by atoms with E-state index in [1.54, 1.807) is 6.92 Å². The van der Waals surface area contributed by atoms with Gasteiger partial charge in [0, 0.05) is 12.0 Å². The molecule has 0 aromatic heterocycles. The lowest BCUT2D eigenvalue weighted by Gasteiger charge is -2.30. The zero-order valence-electron chi connectivity index (χ0n) is 15.9. The van der Waals surface area contributed by atoms with Gasteiger partial charge in [-0.1, -0.05) is 51.0 Å². The number of ether oxygens (including phenoxy) is 1. The summed E-state index contributed by atoms with van der Waals surface area (Å²) in [4.78, 5) is 24.5. The summed E-state index contributed by atoms with van der Waals surface area (Å²) in [6.07, 6.45) is 7.76. The summed E-state index contributed by atoms with van der Waals surface area (Å²) in [5.74, 6) is 0.932. The summed E-state index contributed by atoms with van der Waals surface area (Å²) in [6, 6.07) is 7.89. The molecule has 0 heterocycles. The van der Waals surface area contributed by atoms with Crippen molar-refractivity contribution in [2.45, 2.75) is 84.2 Å². The van der Waals surface area contributed by atoms with Crippen LogP contribution in [0.5, 0.6) is 0 Å². The number of rotatable bonds is 8. The Bertz CT molecular complexity index is 570. The van der Waals surface area contributed by atoms with Crippen LogP contribution in [0, 0.1) is 5.92 Å². The van der Waals surface area contributed by atoms with Gasteiger partial charge < -0.3 is 4.74 Å². The summed E-state index contributed by atoms with van der Waals surface area (Å²) in [6.45, 7) is 5.87. The third-order valence-corrected chi connectivity index (χ3v) is 5.34. The highest BCUT2D eigenvalue weighted by atomic mass is 16.5. The minimum Gasteiger partial charge on any atom is -0.454 e. The van der Waals surface area contributed by atoms with E-state index in [2.05, 4.69) is 13.0 Å². The molecule has 0 bridgehead atoms. The van der Waals surface area contributed by atoms with Crippen LogP contribution in [0.1, 0.15) is 94.0 Å². The average molecular weight is 344 g/mol. The van der Waals surface area contributed by atoms with Crippen LogP contribution in [0.4, 0.5) is 0 Å². The van der Waals surface area contributed by atoms with Crippen LogP contribution in [-0.4, -0.2) is 17.9 Å². The molecule has 1 unspecified atom stereocenters. The van der Waals surface area contributed by atoms with E-state index < -0.39 is 6.10 Å². The van der Waals surface area contributed by atoms with Gasteiger partial charge in [-0.2, -0.15) is 0 Å². The Balaban J connectivity index is 2.07. The Morgan fingerprint density at radius 1 is 1.08 bits per heavy atom. The minimum atomic E-state index is -0.711. The second-order valence-electron chi connectivity index (χ2n) is 7.34. The van der Waals surface area contributed by atoms with Crippen molar-refractivity contribution in [3.8, 4) is 0 Å². The number of hydrogen-bond donors (Lipinski definition) is 0. The molecule has 138 valence electrons. The molecule has 1 aliphatic rings. The summed E-state index contributed by atoms with van der Waals surface area (Å²) < 4.78 is 5.31. The molecule has 0 radical (unpaired) electrons. The Hall–Kier alpha value is -1.64. The molecular weight excluding hydrogens is 312 g/mol. The fourth-order valence-corrected chi connectivity index (χ4v) is 3.98. The second-order valence-corrected chi connectivity index (χ2v) is 7.34. The molecule has 1 fully saturated rings. The smallest absolute Gasteiger partial charge is 0.306 e. The largest absolute Gasteiger partial charge is 0.454 e. The standard InChI is InChI=1S/C22H32O3/c1-4-8-17-12-14-18(15-13-17)19-10-6-7-11-20(19)22(24)16(3)25-21(23)9-5-2/h6-7,10-11,16-18H,4-5,8-9,12-15H2,1-3H3. The molecule has 2 rings (SSSR count). The van der Waals surface area contributed by atoms with Crippen molar-refractivity contribution in [1.29, 1.82) is 0 Å². The summed E-state index contributed by atoms with van der Waals surface area (Å²) in [7, 11) is 0. The first-order valence-electron chi connectivity index (χ1n) is 9.89. The molecule has 0 saturated heterocycles. The van der Waals surface area contributed by atoms with E-state index in [0.29, 0.717) is 12.3 Å². The molecule has 1 saturated carbocycles. The van der Waals surface area contributed by atoms with Crippen LogP contribution >= 0.6 is 0 Å². The van der Waals surface area contributed by atoms with Crippen molar-refractivity contribution in [1.82, 2.24) is 0 Å². The first kappa shape index (κ1) is 19.7. The average Bonchev–Trinajstić information content (AvgIpc) is 2.62. The van der Waals surface area contributed by atoms with Gasteiger partial charge in [-0.05, 0) is 56.4 Å². The fourth-order valence-electron chi connectivity index (χ4n) is 3.98. The van der Waals surface area contributed by atoms with E-state index >= 15 is 0 Å². The van der Waals surface area contributed by atoms with E-state index in [1.807, 2.05) is 25.1 Å². The molecule has 1 aromatic carbocycles. The number of Topliss-reactive ketones (excluding diaryl/α,β-unsaturated/α-hetero) is 1. The number of hydrogen-bond acceptors (Lipinski definition) is 3. The van der Waals surface area contributed by atoms with Gasteiger partial charge in [0.25, 0.3) is 0 Å². The molecule has 0 spiro atoms. The highest BCUT2D eigenvalue weighted by Gasteiger charge is 2.27. The van der Waals surface area contributed by atoms with E-state index in [9.17, 15) is 9.59 Å². The topological polar surface area (TPSA) is 43.4 Å². The van der Waals surface area contributed by atoms with Crippen molar-refractivity contribution in [3.63, 3.8) is 0 Å². The lowest BCUT2D eigenvalue weighted by atomic mass is 9.75. The van der Waals surface area contributed by atoms with Gasteiger partial charge >= 0.3 is 5.97 Å². The van der Waals surface area contributed by atoms with Crippen LogP contribution in [0.2, 0.25) is 0 Å². The zero-order chi connectivity index (χ0) is 18.2. The quantitative estimate of drug-likeness (QED) is 0.450. The number of carbonyl (C=O) groups is 2. The van der Waals surface area contributed by atoms with Crippen molar-refractivity contribution in [2.75, 3.05) is 0 Å². The summed E-state index contributed by atoms with van der Waals surface area (Å²) >= 11 is 0. The third kappa shape index (κ3) is 5.42. The fraction of sp³-hybridized carbons (Fsp3) is 0.636.